The van der Waals surface area contributed by atoms with Crippen LogP contribution in [0.4, 0.5) is 4.39 Å². The minimum atomic E-state index is -0.534. The number of piperidine rings is 2. The molecule has 0 radical (unpaired) electrons. The van der Waals surface area contributed by atoms with Gasteiger partial charge in [0.1, 0.15) is 5.82 Å². The summed E-state index contributed by atoms with van der Waals surface area (Å²) in [6.45, 7) is 4.44. The van der Waals surface area contributed by atoms with Crippen LogP contribution in [0.5, 0.6) is 0 Å². The lowest BCUT2D eigenvalue weighted by molar-refractivity contribution is -0.153. The molecule has 3 aliphatic rings. The fourth-order valence-corrected chi connectivity index (χ4v) is 5.16. The zero-order valence-electron chi connectivity index (χ0n) is 19.5. The first-order valence-electron chi connectivity index (χ1n) is 12.5. The Hall–Kier alpha value is -1.96. The average Bonchev–Trinajstić information content (AvgIpc) is 2.87. The molecule has 2 fully saturated rings. The largest absolute Gasteiger partial charge is 0.459 e. The van der Waals surface area contributed by atoms with E-state index in [1.807, 2.05) is 11.0 Å². The molecule has 182 valence electrons. The molecule has 3 aliphatic heterocycles. The number of carbonyl (C=O) groups is 1. The second kappa shape index (κ2) is 12.0. The van der Waals surface area contributed by atoms with Crippen molar-refractivity contribution >= 4 is 5.91 Å². The van der Waals surface area contributed by atoms with Gasteiger partial charge in [-0.2, -0.15) is 0 Å². The van der Waals surface area contributed by atoms with Crippen molar-refractivity contribution in [3.05, 3.63) is 47.5 Å². The quantitative estimate of drug-likeness (QED) is 0.598. The van der Waals surface area contributed by atoms with Crippen LogP contribution in [-0.4, -0.2) is 72.5 Å². The van der Waals surface area contributed by atoms with Crippen LogP contribution in [-0.2, 0) is 14.3 Å². The van der Waals surface area contributed by atoms with Crippen molar-refractivity contribution in [3.8, 4) is 0 Å². The Morgan fingerprint density at radius 3 is 2.48 bits per heavy atom. The molecule has 0 spiro atoms. The number of amides is 1. The first kappa shape index (κ1) is 24.2. The highest BCUT2D eigenvalue weighted by molar-refractivity contribution is 5.91. The smallest absolute Gasteiger partial charge is 0.288 e. The summed E-state index contributed by atoms with van der Waals surface area (Å²) in [5, 5.41) is 9.00. The summed E-state index contributed by atoms with van der Waals surface area (Å²) in [5.41, 5.74) is 0.942. The number of aliphatic hydroxyl groups is 1. The number of unbranched alkanes of at least 4 members (excludes halogenated alkanes) is 1. The molecule has 7 heteroatoms. The molecule has 2 saturated heterocycles. The molecule has 0 unspecified atom stereocenters. The van der Waals surface area contributed by atoms with Gasteiger partial charge in [0.25, 0.3) is 5.91 Å². The zero-order valence-corrected chi connectivity index (χ0v) is 19.5. The first-order chi connectivity index (χ1) is 16.1. The molecule has 0 aliphatic carbocycles. The van der Waals surface area contributed by atoms with Crippen molar-refractivity contribution < 1.29 is 23.8 Å². The number of halogens is 1. The minimum Gasteiger partial charge on any atom is -0.459 e. The predicted molar refractivity (Wildman–Crippen MR) is 124 cm³/mol. The molecule has 1 aromatic rings. The highest BCUT2D eigenvalue weighted by Gasteiger charge is 2.33. The lowest BCUT2D eigenvalue weighted by atomic mass is 9.92. The number of nitrogens with zero attached hydrogens (tertiary/aromatic N) is 2. The maximum Gasteiger partial charge on any atom is 0.288 e. The van der Waals surface area contributed by atoms with Crippen LogP contribution < -0.4 is 0 Å². The molecule has 1 aromatic carbocycles. The van der Waals surface area contributed by atoms with Crippen LogP contribution in [0.3, 0.4) is 0 Å². The third kappa shape index (κ3) is 6.55. The van der Waals surface area contributed by atoms with Crippen molar-refractivity contribution in [2.45, 2.75) is 69.6 Å². The number of aliphatic hydroxyl groups excluding tert-OH is 1. The normalized spacial score (nSPS) is 24.9. The molecular formula is C26H37FN2O4. The molecule has 4 rings (SSSR count). The Labute approximate surface area is 196 Å². The summed E-state index contributed by atoms with van der Waals surface area (Å²) in [7, 11) is 0. The molecule has 33 heavy (non-hydrogen) atoms. The fourth-order valence-electron chi connectivity index (χ4n) is 5.16. The van der Waals surface area contributed by atoms with E-state index in [1.54, 1.807) is 12.1 Å². The Balaban J connectivity index is 1.40. The van der Waals surface area contributed by atoms with Crippen LogP contribution in [0.25, 0.3) is 0 Å². The van der Waals surface area contributed by atoms with E-state index in [0.29, 0.717) is 31.2 Å². The van der Waals surface area contributed by atoms with E-state index < -0.39 is 6.29 Å². The second-order valence-electron chi connectivity index (χ2n) is 9.39. The molecule has 0 aromatic heterocycles. The van der Waals surface area contributed by atoms with Gasteiger partial charge >= 0.3 is 0 Å². The van der Waals surface area contributed by atoms with Gasteiger partial charge in [-0.05, 0) is 75.4 Å². The van der Waals surface area contributed by atoms with E-state index in [9.17, 15) is 9.18 Å². The second-order valence-corrected chi connectivity index (χ2v) is 9.39. The Morgan fingerprint density at radius 2 is 1.79 bits per heavy atom. The minimum absolute atomic E-state index is 0.0768. The Kier molecular flexibility index (Phi) is 8.75. The maximum atomic E-state index is 13.4. The molecule has 0 saturated carbocycles. The fraction of sp³-hybridized carbons (Fsp3) is 0.654. The lowest BCUT2D eigenvalue weighted by Crippen LogP contribution is -2.49. The lowest BCUT2D eigenvalue weighted by Gasteiger charge is -2.40. The van der Waals surface area contributed by atoms with Gasteiger partial charge < -0.3 is 24.4 Å². The van der Waals surface area contributed by atoms with Crippen LogP contribution in [0.2, 0.25) is 0 Å². The van der Waals surface area contributed by atoms with Crippen LogP contribution in [0.15, 0.2) is 36.1 Å². The summed E-state index contributed by atoms with van der Waals surface area (Å²) < 4.78 is 25.3. The summed E-state index contributed by atoms with van der Waals surface area (Å²) in [6, 6.07) is 6.99. The monoisotopic (exact) mass is 460 g/mol. The predicted octanol–water partition coefficient (Wildman–Crippen LogP) is 3.81. The van der Waals surface area contributed by atoms with Gasteiger partial charge in [-0.15, -0.1) is 0 Å². The summed E-state index contributed by atoms with van der Waals surface area (Å²) in [6.07, 6.45) is 9.21. The van der Waals surface area contributed by atoms with E-state index in [-0.39, 0.29) is 24.2 Å². The summed E-state index contributed by atoms with van der Waals surface area (Å²) >= 11 is 0. The third-order valence-corrected chi connectivity index (χ3v) is 7.08. The topological polar surface area (TPSA) is 62.2 Å². The molecule has 2 atom stereocenters. The maximum absolute atomic E-state index is 13.4. The highest BCUT2D eigenvalue weighted by Crippen LogP contribution is 2.33. The summed E-state index contributed by atoms with van der Waals surface area (Å²) in [4.78, 5) is 17.9. The molecular weight excluding hydrogens is 423 g/mol. The van der Waals surface area contributed by atoms with Crippen molar-refractivity contribution in [3.63, 3.8) is 0 Å². The number of likely N-dealkylation sites (tertiary alicyclic amines) is 2. The number of hydrogen-bond donors (Lipinski definition) is 1. The molecule has 3 heterocycles. The number of benzene rings is 1. The van der Waals surface area contributed by atoms with Crippen molar-refractivity contribution in [1.82, 2.24) is 9.80 Å². The van der Waals surface area contributed by atoms with Gasteiger partial charge in [-0.1, -0.05) is 18.6 Å². The standard InChI is InChI=1S/C26H37FN2O4/c27-22-8-6-20(7-9-22)21-18-24(33-25(19-21)32-17-5-4-16-30)26(31)29-14-10-23(11-15-29)28-12-2-1-3-13-28/h6-9,18,21,23,25,30H,1-5,10-17,19H2/t21-,25+/m0/s1. The Bertz CT molecular complexity index is 786. The third-order valence-electron chi connectivity index (χ3n) is 7.08. The molecule has 6 nitrogen and oxygen atoms in total. The van der Waals surface area contributed by atoms with Gasteiger partial charge in [-0.25, -0.2) is 4.39 Å². The van der Waals surface area contributed by atoms with E-state index in [0.717, 1.165) is 37.9 Å². The molecule has 0 bridgehead atoms. The van der Waals surface area contributed by atoms with Gasteiger partial charge in [-0.3, -0.25) is 4.79 Å². The highest BCUT2D eigenvalue weighted by atomic mass is 19.1. The van der Waals surface area contributed by atoms with Gasteiger partial charge in [0.2, 0.25) is 6.29 Å². The number of ether oxygens (including phenoxy) is 2. The van der Waals surface area contributed by atoms with Crippen LogP contribution in [0.1, 0.15) is 62.8 Å². The number of carbonyl (C=O) groups excluding carboxylic acids is 1. The van der Waals surface area contributed by atoms with E-state index >= 15 is 0 Å². The average molecular weight is 461 g/mol. The first-order valence-corrected chi connectivity index (χ1v) is 12.5. The SMILES string of the molecule is O=C(C1=C[C@H](c2ccc(F)cc2)C[C@H](OCCCCO)O1)N1CCC(N2CCCCC2)CC1. The number of allylic oxidation sites excluding steroid dienone is 1. The van der Waals surface area contributed by atoms with Gasteiger partial charge in [0, 0.05) is 38.1 Å². The van der Waals surface area contributed by atoms with Crippen molar-refractivity contribution in [2.24, 2.45) is 0 Å². The summed E-state index contributed by atoms with van der Waals surface area (Å²) in [5.74, 6) is -0.103. The Morgan fingerprint density at radius 1 is 1.06 bits per heavy atom. The van der Waals surface area contributed by atoms with E-state index in [4.69, 9.17) is 14.6 Å². The number of rotatable bonds is 8. The number of hydrogen-bond acceptors (Lipinski definition) is 5. The van der Waals surface area contributed by atoms with Gasteiger partial charge in [0.15, 0.2) is 5.76 Å². The molecule has 1 amide bonds. The van der Waals surface area contributed by atoms with Crippen LogP contribution in [0, 0.1) is 5.82 Å². The van der Waals surface area contributed by atoms with E-state index in [1.165, 1.54) is 44.5 Å². The van der Waals surface area contributed by atoms with Crippen molar-refractivity contribution in [1.29, 1.82) is 0 Å². The zero-order chi connectivity index (χ0) is 23.0. The van der Waals surface area contributed by atoms with Crippen molar-refractivity contribution in [2.75, 3.05) is 39.4 Å². The van der Waals surface area contributed by atoms with Crippen LogP contribution >= 0.6 is 0 Å². The van der Waals surface area contributed by atoms with Gasteiger partial charge in [0.05, 0.1) is 6.61 Å². The van der Waals surface area contributed by atoms with E-state index in [2.05, 4.69) is 4.90 Å². The molecule has 1 N–H and O–H groups in total.